The molecular formula is C44H59N9O6. The number of phenolic OH excluding ortho intramolecular Hbond substituents is 1. The predicted molar refractivity (Wildman–Crippen MR) is 222 cm³/mol. The molecule has 2 heterocycles. The monoisotopic (exact) mass is 809 g/mol. The van der Waals surface area contributed by atoms with Gasteiger partial charge < -0.3 is 46.4 Å². The minimum Gasteiger partial charge on any atom is -0.508 e. The van der Waals surface area contributed by atoms with Crippen LogP contribution in [-0.2, 0) is 33.6 Å². The number of aromatic amines is 1. The van der Waals surface area contributed by atoms with Crippen LogP contribution >= 0.6 is 0 Å². The van der Waals surface area contributed by atoms with Crippen molar-refractivity contribution in [3.63, 3.8) is 0 Å². The van der Waals surface area contributed by atoms with E-state index in [4.69, 9.17) is 25.4 Å². The molecule has 15 nitrogen and oxygen atoms in total. The number of rotatable bonds is 15. The van der Waals surface area contributed by atoms with Crippen molar-refractivity contribution in [1.82, 2.24) is 36.4 Å². The average molecular weight is 810 g/mol. The minimum atomic E-state index is -1.15. The first-order valence-electron chi connectivity index (χ1n) is 20.9. The summed E-state index contributed by atoms with van der Waals surface area (Å²) in [7, 11) is 0. The summed E-state index contributed by atoms with van der Waals surface area (Å²) in [5.74, 6) is 1.92. The quantitative estimate of drug-likeness (QED) is 0.0553. The SMILES string of the molecule is Cc1cc(O)cc(C)c1C[C@H](NC(=O)[C@@H](CCNC(=N)N)NC(=O)OC(C)(C)C)C(=O)N[C@@H](Cc1c[nH]c2ccccc12)c1nc(CC23CC4CC(CC(C4)C2)C3)no1. The van der Waals surface area contributed by atoms with Gasteiger partial charge in [0.1, 0.15) is 29.5 Å². The summed E-state index contributed by atoms with van der Waals surface area (Å²) >= 11 is 0. The lowest BCUT2D eigenvalue weighted by Crippen LogP contribution is -2.56. The lowest BCUT2D eigenvalue weighted by atomic mass is 9.49. The fourth-order valence-electron chi connectivity index (χ4n) is 10.4. The van der Waals surface area contributed by atoms with E-state index in [0.717, 1.165) is 57.3 Å². The molecule has 4 fully saturated rings. The highest BCUT2D eigenvalue weighted by atomic mass is 16.6. The Balaban J connectivity index is 1.18. The van der Waals surface area contributed by atoms with Crippen LogP contribution in [0.3, 0.4) is 0 Å². The molecule has 59 heavy (non-hydrogen) atoms. The van der Waals surface area contributed by atoms with Gasteiger partial charge in [-0.25, -0.2) is 4.79 Å². The van der Waals surface area contributed by atoms with E-state index in [1.165, 1.54) is 38.5 Å². The van der Waals surface area contributed by atoms with E-state index >= 15 is 0 Å². The number of ether oxygens (including phenoxy) is 1. The fourth-order valence-corrected chi connectivity index (χ4v) is 10.4. The number of aryl methyl sites for hydroxylation is 2. The van der Waals surface area contributed by atoms with E-state index in [1.54, 1.807) is 32.9 Å². The van der Waals surface area contributed by atoms with Gasteiger partial charge in [-0.1, -0.05) is 23.4 Å². The van der Waals surface area contributed by atoms with Crippen LogP contribution in [0.25, 0.3) is 10.9 Å². The Hall–Kier alpha value is -5.60. The number of nitrogens with one attached hydrogen (secondary N) is 6. The number of hydrogen-bond acceptors (Lipinski definition) is 9. The van der Waals surface area contributed by atoms with E-state index in [-0.39, 0.29) is 42.4 Å². The Kier molecular flexibility index (Phi) is 11.9. The predicted octanol–water partition coefficient (Wildman–Crippen LogP) is 5.53. The van der Waals surface area contributed by atoms with Crippen LogP contribution in [0.2, 0.25) is 0 Å². The van der Waals surface area contributed by atoms with Gasteiger partial charge in [-0.3, -0.25) is 15.0 Å². The van der Waals surface area contributed by atoms with Crippen molar-refractivity contribution >= 4 is 34.8 Å². The fraction of sp³-hybridized carbons (Fsp3) is 0.545. The van der Waals surface area contributed by atoms with Crippen molar-refractivity contribution in [2.75, 3.05) is 6.54 Å². The van der Waals surface area contributed by atoms with Crippen molar-refractivity contribution in [1.29, 1.82) is 5.41 Å². The molecule has 0 unspecified atom stereocenters. The van der Waals surface area contributed by atoms with E-state index in [9.17, 15) is 19.5 Å². The summed E-state index contributed by atoms with van der Waals surface area (Å²) in [5.41, 5.74) is 9.00. The Morgan fingerprint density at radius 2 is 1.63 bits per heavy atom. The molecule has 9 N–H and O–H groups in total. The molecule has 3 atom stereocenters. The molecule has 4 saturated carbocycles. The van der Waals surface area contributed by atoms with Crippen LogP contribution in [0.5, 0.6) is 5.75 Å². The third-order valence-corrected chi connectivity index (χ3v) is 12.4. The first-order valence-corrected chi connectivity index (χ1v) is 20.9. The van der Waals surface area contributed by atoms with Crippen molar-refractivity contribution in [3.05, 3.63) is 76.6 Å². The maximum absolute atomic E-state index is 14.7. The molecule has 15 heteroatoms. The number of fused-ring (bicyclic) bond motifs is 1. The smallest absolute Gasteiger partial charge is 0.408 e. The number of alkyl carbamates (subject to hydrolysis) is 1. The molecule has 2 aromatic heterocycles. The van der Waals surface area contributed by atoms with Gasteiger partial charge in [-0.05, 0) is 143 Å². The summed E-state index contributed by atoms with van der Waals surface area (Å²) in [4.78, 5) is 50.1. The number of hydrogen-bond donors (Lipinski definition) is 8. The lowest BCUT2D eigenvalue weighted by Gasteiger charge is -2.56. The third-order valence-electron chi connectivity index (χ3n) is 12.4. The topological polar surface area (TPSA) is 233 Å². The summed E-state index contributed by atoms with van der Waals surface area (Å²) < 4.78 is 11.5. The molecule has 3 amide bonds. The Morgan fingerprint density at radius 3 is 2.27 bits per heavy atom. The van der Waals surface area contributed by atoms with Crippen LogP contribution in [-0.4, -0.2) is 68.3 Å². The van der Waals surface area contributed by atoms with Gasteiger partial charge in [-0.15, -0.1) is 0 Å². The van der Waals surface area contributed by atoms with Gasteiger partial charge in [0.2, 0.25) is 17.7 Å². The summed E-state index contributed by atoms with van der Waals surface area (Å²) in [6.07, 6.45) is 9.89. The number of carbonyl (C=O) groups excluding carboxylic acids is 3. The highest BCUT2D eigenvalue weighted by molar-refractivity contribution is 5.92. The zero-order valence-corrected chi connectivity index (χ0v) is 34.7. The Morgan fingerprint density at radius 1 is 0.983 bits per heavy atom. The number of benzene rings is 2. The zero-order chi connectivity index (χ0) is 42.1. The van der Waals surface area contributed by atoms with Crippen molar-refractivity contribution in [2.24, 2.45) is 28.9 Å². The van der Waals surface area contributed by atoms with Crippen molar-refractivity contribution in [3.8, 4) is 5.75 Å². The first-order chi connectivity index (χ1) is 28.0. The molecule has 0 aliphatic heterocycles. The van der Waals surface area contributed by atoms with Gasteiger partial charge >= 0.3 is 6.09 Å². The molecule has 0 radical (unpaired) electrons. The van der Waals surface area contributed by atoms with Crippen LogP contribution in [0, 0.1) is 42.4 Å². The number of aromatic hydroxyl groups is 1. The van der Waals surface area contributed by atoms with Crippen molar-refractivity contribution in [2.45, 2.75) is 123 Å². The second kappa shape index (κ2) is 16.9. The normalized spacial score (nSPS) is 22.4. The van der Waals surface area contributed by atoms with Crippen LogP contribution < -0.4 is 27.0 Å². The molecule has 4 bridgehead atoms. The van der Waals surface area contributed by atoms with E-state index in [1.807, 2.05) is 44.3 Å². The molecule has 8 rings (SSSR count). The highest BCUT2D eigenvalue weighted by Gasteiger charge is 2.51. The summed E-state index contributed by atoms with van der Waals surface area (Å²) in [5, 5.41) is 34.8. The molecule has 0 saturated heterocycles. The Bertz CT molecular complexity index is 2130. The number of phenols is 1. The molecule has 0 spiro atoms. The third kappa shape index (κ3) is 10.2. The second-order valence-electron chi connectivity index (χ2n) is 18.4. The number of nitrogens with zero attached hydrogens (tertiary/aromatic N) is 2. The largest absolute Gasteiger partial charge is 0.508 e. The molecule has 4 aliphatic carbocycles. The van der Waals surface area contributed by atoms with Crippen LogP contribution in [0.1, 0.15) is 106 Å². The molecular weight excluding hydrogens is 751 g/mol. The van der Waals surface area contributed by atoms with Crippen LogP contribution in [0.4, 0.5) is 4.79 Å². The van der Waals surface area contributed by atoms with Gasteiger partial charge in [0.15, 0.2) is 11.8 Å². The number of amides is 3. The summed E-state index contributed by atoms with van der Waals surface area (Å²) in [6, 6.07) is 8.10. The van der Waals surface area contributed by atoms with E-state index in [0.29, 0.717) is 12.2 Å². The second-order valence-corrected chi connectivity index (χ2v) is 18.4. The number of nitrogens with two attached hydrogens (primary N) is 1. The van der Waals surface area contributed by atoms with E-state index in [2.05, 4.69) is 31.4 Å². The zero-order valence-electron chi connectivity index (χ0n) is 34.7. The Labute approximate surface area is 344 Å². The lowest BCUT2D eigenvalue weighted by molar-refractivity contribution is -0.130. The highest BCUT2D eigenvalue weighted by Crippen LogP contribution is 2.61. The number of guanidine groups is 1. The minimum absolute atomic E-state index is 0.0357. The van der Waals surface area contributed by atoms with Crippen molar-refractivity contribution < 1.29 is 28.8 Å². The maximum atomic E-state index is 14.7. The number of H-pyrrole nitrogens is 1. The molecule has 4 aliphatic rings. The molecule has 316 valence electrons. The number of para-hydroxylation sites is 1. The van der Waals surface area contributed by atoms with E-state index < -0.39 is 41.6 Å². The van der Waals surface area contributed by atoms with Gasteiger partial charge in [0, 0.05) is 42.9 Å². The van der Waals surface area contributed by atoms with Gasteiger partial charge in [0.25, 0.3) is 0 Å². The van der Waals surface area contributed by atoms with Crippen LogP contribution in [0.15, 0.2) is 47.1 Å². The molecule has 2 aromatic carbocycles. The number of carbonyl (C=O) groups is 3. The standard InChI is InChI=1S/C44H59N9O6/c1-24-12-30(54)13-25(2)32(24)18-35(49-38(55)34(10-11-47-41(45)46)51-42(57)58-43(3,4)5)39(56)50-36(17-29-23-48-33-9-7-6-8-31(29)33)40-52-37(53-59-40)22-44-19-26-14-27(20-44)16-28(15-26)21-44/h6-9,12-13,23,26-28,34-36,48,54H,10-11,14-22H2,1-5H3,(H,49,55)(H,50,56)(H,51,57)(H4,45,46,47)/t26?,27?,28?,34-,35+,36+,44?/m1/s1. The average Bonchev–Trinajstić information content (AvgIpc) is 3.77. The maximum Gasteiger partial charge on any atom is 0.408 e. The first kappa shape index (κ1) is 41.6. The number of aromatic nitrogens is 3. The van der Waals surface area contributed by atoms with Gasteiger partial charge in [0.05, 0.1) is 0 Å². The summed E-state index contributed by atoms with van der Waals surface area (Å²) in [6.45, 7) is 8.90. The van der Waals surface area contributed by atoms with Gasteiger partial charge in [-0.2, -0.15) is 4.98 Å². The molecule has 4 aromatic rings.